The molecule has 31 heavy (non-hydrogen) atoms. The van der Waals surface area contributed by atoms with Crippen LogP contribution in [0.2, 0.25) is 0 Å². The summed E-state index contributed by atoms with van der Waals surface area (Å²) in [6.07, 6.45) is -1.42. The lowest BCUT2D eigenvalue weighted by molar-refractivity contribution is -0.151. The molecule has 2 aliphatic rings. The number of aliphatic carboxylic acids is 1. The lowest BCUT2D eigenvalue weighted by atomic mass is 10.0. The number of hydrogen-bond donors (Lipinski definition) is 3. The Bertz CT molecular complexity index is 1060. The van der Waals surface area contributed by atoms with Crippen LogP contribution in [-0.4, -0.2) is 76.0 Å². The Morgan fingerprint density at radius 1 is 1.35 bits per heavy atom. The number of carbonyl (C=O) groups is 3. The molecule has 1 fully saturated rings. The van der Waals surface area contributed by atoms with Gasteiger partial charge in [0, 0.05) is 18.6 Å². The van der Waals surface area contributed by atoms with Crippen LogP contribution in [-0.2, 0) is 21.4 Å². The number of β-lactam (4-membered cyclic amide) rings is 1. The van der Waals surface area contributed by atoms with Crippen LogP contribution in [0.15, 0.2) is 46.8 Å². The van der Waals surface area contributed by atoms with Crippen molar-refractivity contribution >= 4 is 41.3 Å². The molecule has 3 heterocycles. The minimum atomic E-state index is -1.42. The van der Waals surface area contributed by atoms with Crippen molar-refractivity contribution < 1.29 is 24.6 Å². The quantitative estimate of drug-likeness (QED) is 0.372. The monoisotopic (exact) mass is 462 g/mol. The first kappa shape index (κ1) is 21.3. The Morgan fingerprint density at radius 2 is 2.10 bits per heavy atom. The molecule has 1 saturated heterocycles. The summed E-state index contributed by atoms with van der Waals surface area (Å²) in [6, 6.07) is 7.46. The minimum absolute atomic E-state index is 0.0783. The average Bonchev–Trinajstić information content (AvgIpc) is 3.19. The van der Waals surface area contributed by atoms with E-state index in [9.17, 15) is 24.6 Å². The van der Waals surface area contributed by atoms with Crippen LogP contribution in [0.1, 0.15) is 11.7 Å². The maximum absolute atomic E-state index is 12.7. The van der Waals surface area contributed by atoms with Crippen molar-refractivity contribution in [3.8, 4) is 0 Å². The molecule has 3 N–H and O–H groups in total. The molecule has 11 nitrogen and oxygen atoms in total. The molecule has 0 spiro atoms. The maximum Gasteiger partial charge on any atom is 0.352 e. The highest BCUT2D eigenvalue weighted by molar-refractivity contribution is 8.01. The molecule has 2 amide bonds. The number of carboxylic acid groups (broad SMARTS) is 1. The third-order valence-corrected chi connectivity index (χ3v) is 7.30. The van der Waals surface area contributed by atoms with Crippen LogP contribution in [0.3, 0.4) is 0 Å². The molecule has 4 rings (SSSR count). The van der Waals surface area contributed by atoms with Gasteiger partial charge in [0.2, 0.25) is 5.16 Å². The number of nitrogens with one attached hydrogen (secondary N) is 1. The van der Waals surface area contributed by atoms with E-state index in [0.29, 0.717) is 27.8 Å². The number of hydrogen-bond acceptors (Lipinski definition) is 9. The summed E-state index contributed by atoms with van der Waals surface area (Å²) >= 11 is 2.64. The number of benzene rings is 1. The van der Waals surface area contributed by atoms with Crippen LogP contribution in [0, 0.1) is 0 Å². The molecule has 2 aliphatic heterocycles. The van der Waals surface area contributed by atoms with E-state index in [-0.39, 0.29) is 5.70 Å². The van der Waals surface area contributed by atoms with Gasteiger partial charge in [-0.05, 0) is 21.6 Å². The predicted octanol–water partition coefficient (Wildman–Crippen LogP) is -0.226. The van der Waals surface area contributed by atoms with Crippen molar-refractivity contribution in [2.75, 3.05) is 11.5 Å². The number of aryl methyl sites for hydroxylation is 1. The Balaban J connectivity index is 1.46. The van der Waals surface area contributed by atoms with Crippen LogP contribution in [0.4, 0.5) is 0 Å². The highest BCUT2D eigenvalue weighted by atomic mass is 32.2. The van der Waals surface area contributed by atoms with E-state index in [1.54, 1.807) is 37.4 Å². The van der Waals surface area contributed by atoms with Crippen molar-refractivity contribution in [3.05, 3.63) is 47.2 Å². The number of carbonyl (C=O) groups excluding carboxylic acids is 2. The highest BCUT2D eigenvalue weighted by Crippen LogP contribution is 2.41. The van der Waals surface area contributed by atoms with Gasteiger partial charge in [-0.1, -0.05) is 42.1 Å². The summed E-state index contributed by atoms with van der Waals surface area (Å²) in [7, 11) is 1.68. The zero-order valence-corrected chi connectivity index (χ0v) is 17.8. The topological polar surface area (TPSA) is 151 Å². The van der Waals surface area contributed by atoms with Gasteiger partial charge in [-0.2, -0.15) is 0 Å². The number of amides is 2. The second-order valence-electron chi connectivity index (χ2n) is 6.84. The largest absolute Gasteiger partial charge is 0.477 e. The number of aliphatic hydroxyl groups is 1. The lowest BCUT2D eigenvalue weighted by Gasteiger charge is -2.49. The SMILES string of the molecule is Cn1nnnc1SCC1=C(C(=O)O)N2C(=O)[C@H](NC(=O)C(O)c3ccccc3)C2SC1. The zero-order chi connectivity index (χ0) is 22.1. The van der Waals surface area contributed by atoms with Gasteiger partial charge >= 0.3 is 5.97 Å². The van der Waals surface area contributed by atoms with Gasteiger partial charge in [0.05, 0.1) is 0 Å². The predicted molar refractivity (Wildman–Crippen MR) is 111 cm³/mol. The Hall–Kier alpha value is -2.90. The normalized spacial score (nSPS) is 21.4. The van der Waals surface area contributed by atoms with Gasteiger partial charge in [-0.25, -0.2) is 9.48 Å². The van der Waals surface area contributed by atoms with Gasteiger partial charge in [-0.15, -0.1) is 16.9 Å². The second-order valence-corrected chi connectivity index (χ2v) is 8.89. The summed E-state index contributed by atoms with van der Waals surface area (Å²) in [5.41, 5.74) is 0.901. The van der Waals surface area contributed by atoms with Gasteiger partial charge in [-0.3, -0.25) is 14.5 Å². The molecule has 1 aromatic carbocycles. The third kappa shape index (κ3) is 4.03. The third-order valence-electron chi connectivity index (χ3n) is 4.87. The molecule has 13 heteroatoms. The molecular weight excluding hydrogens is 444 g/mol. The van der Waals surface area contributed by atoms with Crippen LogP contribution >= 0.6 is 23.5 Å². The standard InChI is InChI=1S/C18H18N6O5S2/c1-23-18(20-21-22-23)31-8-10-7-30-16-11(15(27)24(16)12(10)17(28)29)19-14(26)13(25)9-5-3-2-4-6-9/h2-6,11,13,16,25H,7-8H2,1H3,(H,19,26)(H,28,29)/t11-,13?,16?/m0/s1. The Morgan fingerprint density at radius 3 is 2.74 bits per heavy atom. The van der Waals surface area contributed by atoms with E-state index in [1.807, 2.05) is 0 Å². The highest BCUT2D eigenvalue weighted by Gasteiger charge is 2.54. The molecule has 0 saturated carbocycles. The first-order chi connectivity index (χ1) is 14.9. The molecule has 3 atom stereocenters. The summed E-state index contributed by atoms with van der Waals surface area (Å²) in [4.78, 5) is 38.2. The van der Waals surface area contributed by atoms with Crippen molar-refractivity contribution in [3.63, 3.8) is 0 Å². The smallest absolute Gasteiger partial charge is 0.352 e. The van der Waals surface area contributed by atoms with Crippen molar-refractivity contribution in [1.29, 1.82) is 0 Å². The molecule has 2 aromatic rings. The number of nitrogens with zero attached hydrogens (tertiary/aromatic N) is 5. The molecule has 0 bridgehead atoms. The van der Waals surface area contributed by atoms with E-state index in [0.717, 1.165) is 0 Å². The number of aliphatic hydroxyl groups excluding tert-OH is 1. The number of tetrazole rings is 1. The van der Waals surface area contributed by atoms with Crippen LogP contribution < -0.4 is 5.32 Å². The van der Waals surface area contributed by atoms with Crippen molar-refractivity contribution in [2.45, 2.75) is 22.7 Å². The fraction of sp³-hybridized carbons (Fsp3) is 0.333. The molecule has 162 valence electrons. The van der Waals surface area contributed by atoms with Gasteiger partial charge in [0.1, 0.15) is 17.1 Å². The minimum Gasteiger partial charge on any atom is -0.477 e. The molecule has 0 radical (unpaired) electrons. The maximum atomic E-state index is 12.7. The van der Waals surface area contributed by atoms with E-state index < -0.39 is 35.3 Å². The number of aromatic nitrogens is 4. The van der Waals surface area contributed by atoms with Crippen molar-refractivity contribution in [2.24, 2.45) is 7.05 Å². The molecule has 2 unspecified atom stereocenters. The second kappa shape index (κ2) is 8.69. The van der Waals surface area contributed by atoms with E-state index in [2.05, 4.69) is 20.8 Å². The number of thioether (sulfide) groups is 2. The lowest BCUT2D eigenvalue weighted by Crippen LogP contribution is -2.70. The van der Waals surface area contributed by atoms with Crippen LogP contribution in [0.5, 0.6) is 0 Å². The zero-order valence-electron chi connectivity index (χ0n) is 16.2. The van der Waals surface area contributed by atoms with Gasteiger partial charge in [0.15, 0.2) is 6.10 Å². The first-order valence-electron chi connectivity index (χ1n) is 9.17. The summed E-state index contributed by atoms with van der Waals surface area (Å²) in [5, 5.41) is 33.6. The molecule has 0 aliphatic carbocycles. The number of carboxylic acids is 1. The Kier molecular flexibility index (Phi) is 5.98. The fourth-order valence-electron chi connectivity index (χ4n) is 3.31. The first-order valence-corrected chi connectivity index (χ1v) is 11.2. The number of rotatable bonds is 7. The van der Waals surface area contributed by atoms with Gasteiger partial charge in [0.25, 0.3) is 11.8 Å². The summed E-state index contributed by atoms with van der Waals surface area (Å²) in [6.45, 7) is 0. The Labute approximate surface area is 184 Å². The average molecular weight is 463 g/mol. The van der Waals surface area contributed by atoms with E-state index >= 15 is 0 Å². The van der Waals surface area contributed by atoms with E-state index in [1.165, 1.54) is 33.1 Å². The number of fused-ring (bicyclic) bond motifs is 1. The van der Waals surface area contributed by atoms with Gasteiger partial charge < -0.3 is 15.5 Å². The van der Waals surface area contributed by atoms with E-state index in [4.69, 9.17) is 0 Å². The summed E-state index contributed by atoms with van der Waals surface area (Å²) in [5.74, 6) is -1.75. The summed E-state index contributed by atoms with van der Waals surface area (Å²) < 4.78 is 1.48. The molecule has 1 aromatic heterocycles. The molecular formula is C18H18N6O5S2. The fourth-order valence-corrected chi connectivity index (χ4v) is 5.64. The van der Waals surface area contributed by atoms with Crippen LogP contribution in [0.25, 0.3) is 0 Å². The van der Waals surface area contributed by atoms with Crippen molar-refractivity contribution in [1.82, 2.24) is 30.4 Å².